The van der Waals surface area contributed by atoms with E-state index in [2.05, 4.69) is 25.1 Å². The number of aromatic hydroxyl groups is 1. The minimum Gasteiger partial charge on any atom is -0.506 e. The van der Waals surface area contributed by atoms with Crippen molar-refractivity contribution in [1.82, 2.24) is 5.16 Å². The molecule has 0 saturated carbocycles. The Morgan fingerprint density at radius 2 is 1.70 bits per heavy atom. The van der Waals surface area contributed by atoms with Gasteiger partial charge in [-0.15, -0.1) is 0 Å². The summed E-state index contributed by atoms with van der Waals surface area (Å²) in [5.74, 6) is -3.55. The maximum atomic E-state index is 14.7. The second-order valence-corrected chi connectivity index (χ2v) is 13.5. The number of unbranched alkanes of at least 4 members (excludes halogenated alkanes) is 2. The van der Waals surface area contributed by atoms with Crippen molar-refractivity contribution in [2.24, 2.45) is 11.8 Å². The van der Waals surface area contributed by atoms with Crippen LogP contribution in [0.25, 0.3) is 10.8 Å². The summed E-state index contributed by atoms with van der Waals surface area (Å²) in [6.45, 7) is 8.91. The topological polar surface area (TPSA) is 145 Å². The highest BCUT2D eigenvalue weighted by Crippen LogP contribution is 2.62. The summed E-state index contributed by atoms with van der Waals surface area (Å²) in [5.41, 5.74) is -1.19. The quantitative estimate of drug-likeness (QED) is 0.156. The number of aromatic nitrogens is 1. The molecule has 0 aliphatic heterocycles. The predicted molar refractivity (Wildman–Crippen MR) is 172 cm³/mol. The maximum Gasteiger partial charge on any atom is 0.265 e. The lowest BCUT2D eigenvalue weighted by Crippen LogP contribution is -2.61. The number of ether oxygens (including phenoxy) is 3. The zero-order chi connectivity index (χ0) is 33.4. The number of hydrogen-bond acceptors (Lipinski definition) is 10. The number of methoxy groups -OCH3 is 1. The lowest BCUT2D eigenvalue weighted by atomic mass is 9.61. The Hall–Kier alpha value is -4.18. The minimum absolute atomic E-state index is 0.0429. The molecule has 1 aromatic heterocycles. The third-order valence-corrected chi connectivity index (χ3v) is 11.1. The molecule has 1 spiro atoms. The van der Waals surface area contributed by atoms with Crippen LogP contribution in [0.2, 0.25) is 0 Å². The highest BCUT2D eigenvalue weighted by Gasteiger charge is 2.64. The van der Waals surface area contributed by atoms with Crippen LogP contribution in [-0.2, 0) is 18.3 Å². The minimum atomic E-state index is -2.77. The first-order chi connectivity index (χ1) is 22.6. The van der Waals surface area contributed by atoms with Crippen molar-refractivity contribution in [3.05, 3.63) is 51.3 Å². The van der Waals surface area contributed by atoms with Crippen molar-refractivity contribution in [2.45, 2.75) is 90.1 Å². The van der Waals surface area contributed by atoms with Crippen molar-refractivity contribution >= 4 is 28.1 Å². The second-order valence-electron chi connectivity index (χ2n) is 13.5. The van der Waals surface area contributed by atoms with Crippen molar-refractivity contribution in [2.75, 3.05) is 20.3 Å². The van der Waals surface area contributed by atoms with E-state index in [1.165, 1.54) is 0 Å². The van der Waals surface area contributed by atoms with Gasteiger partial charge in [-0.1, -0.05) is 45.3 Å². The Bertz CT molecular complexity index is 1890. The fourth-order valence-electron chi connectivity index (χ4n) is 8.57. The molecule has 2 aromatic carbocycles. The molecule has 248 valence electrons. The summed E-state index contributed by atoms with van der Waals surface area (Å²) < 4.78 is 23.4. The summed E-state index contributed by atoms with van der Waals surface area (Å²) in [5, 5.41) is 29.1. The molecule has 4 aliphatic carbocycles. The Labute approximate surface area is 273 Å². The highest BCUT2D eigenvalue weighted by atomic mass is 16.5. The van der Waals surface area contributed by atoms with E-state index < -0.39 is 40.0 Å². The molecule has 1 heterocycles. The molecule has 2 N–H and O–H groups in total. The first-order valence-electron chi connectivity index (χ1n) is 16.8. The molecule has 0 saturated heterocycles. The Morgan fingerprint density at radius 1 is 1.00 bits per heavy atom. The summed E-state index contributed by atoms with van der Waals surface area (Å²) in [4.78, 5) is 43.4. The largest absolute Gasteiger partial charge is 0.506 e. The summed E-state index contributed by atoms with van der Waals surface area (Å²) in [6, 6.07) is 1.76. The predicted octanol–water partition coefficient (Wildman–Crippen LogP) is 6.24. The van der Waals surface area contributed by atoms with Gasteiger partial charge in [-0.05, 0) is 55.7 Å². The van der Waals surface area contributed by atoms with Crippen LogP contribution in [0.4, 0.5) is 0 Å². The number of nitrogens with zero attached hydrogens (tertiary/aromatic N) is 1. The average molecular weight is 644 g/mol. The summed E-state index contributed by atoms with van der Waals surface area (Å²) >= 11 is 0. The van der Waals surface area contributed by atoms with Crippen LogP contribution < -0.4 is 14.2 Å². The number of carbonyl (C=O) groups excluding carboxylic acids is 3. The van der Waals surface area contributed by atoms with Crippen molar-refractivity contribution in [3.63, 3.8) is 0 Å². The highest BCUT2D eigenvalue weighted by molar-refractivity contribution is 6.34. The number of benzene rings is 2. The van der Waals surface area contributed by atoms with Gasteiger partial charge in [0.1, 0.15) is 22.8 Å². The van der Waals surface area contributed by atoms with Gasteiger partial charge in [0.15, 0.2) is 11.5 Å². The van der Waals surface area contributed by atoms with Gasteiger partial charge in [0.05, 0.1) is 37.2 Å². The maximum absolute atomic E-state index is 14.7. The second kappa shape index (κ2) is 11.2. The van der Waals surface area contributed by atoms with E-state index in [4.69, 9.17) is 18.7 Å². The fourth-order valence-corrected chi connectivity index (χ4v) is 8.57. The zero-order valence-corrected chi connectivity index (χ0v) is 27.6. The Balaban J connectivity index is 1.49. The SMILES string of the molecule is CCCCOc1noc2c1C(=O)[C@@]1(O)C(=O)c3c(c4c5c(c(OC)cc(OCCCC)c5c3O)[C@]3(C4)C(C)=CCCC3C)C(=O)[C@H]1C2. The third-order valence-electron chi connectivity index (χ3n) is 11.1. The van der Waals surface area contributed by atoms with Crippen molar-refractivity contribution in [1.29, 1.82) is 0 Å². The van der Waals surface area contributed by atoms with Crippen LogP contribution in [0.15, 0.2) is 22.2 Å². The molecule has 10 heteroatoms. The van der Waals surface area contributed by atoms with Gasteiger partial charge in [0, 0.05) is 34.4 Å². The van der Waals surface area contributed by atoms with E-state index in [-0.39, 0.29) is 52.7 Å². The number of fused-ring (bicyclic) bond motifs is 5. The third kappa shape index (κ3) is 4.06. The van der Waals surface area contributed by atoms with E-state index in [9.17, 15) is 24.6 Å². The number of hydrogen-bond donors (Lipinski definition) is 2. The van der Waals surface area contributed by atoms with E-state index >= 15 is 0 Å². The molecular formula is C37H41NO9. The Kier molecular flexibility index (Phi) is 7.50. The van der Waals surface area contributed by atoms with Crippen LogP contribution in [0.3, 0.4) is 0 Å². The number of rotatable bonds is 9. The van der Waals surface area contributed by atoms with Gasteiger partial charge in [-0.25, -0.2) is 0 Å². The number of phenols is 1. The summed E-state index contributed by atoms with van der Waals surface area (Å²) in [6.07, 6.45) is 7.37. The number of carbonyl (C=O) groups is 3. The molecule has 0 amide bonds. The van der Waals surface area contributed by atoms with E-state index in [1.807, 2.05) is 13.8 Å². The number of aliphatic hydroxyl groups is 1. The fraction of sp³-hybridized carbons (Fsp3) is 0.514. The van der Waals surface area contributed by atoms with Crippen LogP contribution in [0, 0.1) is 11.8 Å². The number of Topliss-reactive ketones (excluding diaryl/α,β-unsaturated/α-hetero) is 3. The van der Waals surface area contributed by atoms with Crippen LogP contribution in [0.5, 0.6) is 23.1 Å². The lowest BCUT2D eigenvalue weighted by Gasteiger charge is -2.42. The number of phenolic OH excluding ortho intramolecular Hbond substituents is 1. The van der Waals surface area contributed by atoms with Gasteiger partial charge in [-0.2, -0.15) is 0 Å². The monoisotopic (exact) mass is 643 g/mol. The molecule has 0 bridgehead atoms. The van der Waals surface area contributed by atoms with Gasteiger partial charge in [-0.3, -0.25) is 14.4 Å². The molecule has 3 aromatic rings. The normalized spacial score (nSPS) is 25.9. The van der Waals surface area contributed by atoms with Crippen molar-refractivity contribution < 1.29 is 43.3 Å². The molecule has 4 aliphatic rings. The van der Waals surface area contributed by atoms with E-state index in [0.29, 0.717) is 41.9 Å². The van der Waals surface area contributed by atoms with Crippen LogP contribution in [0.1, 0.15) is 114 Å². The molecule has 0 fully saturated rings. The lowest BCUT2D eigenvalue weighted by molar-refractivity contribution is -0.0000590. The summed E-state index contributed by atoms with van der Waals surface area (Å²) in [7, 11) is 1.60. The van der Waals surface area contributed by atoms with Gasteiger partial charge in [0.25, 0.3) is 5.88 Å². The van der Waals surface area contributed by atoms with Crippen LogP contribution in [-0.4, -0.2) is 58.6 Å². The molecule has 10 nitrogen and oxygen atoms in total. The molecule has 0 radical (unpaired) electrons. The van der Waals surface area contributed by atoms with Crippen LogP contribution >= 0.6 is 0 Å². The van der Waals surface area contributed by atoms with Gasteiger partial charge in [0.2, 0.25) is 17.2 Å². The van der Waals surface area contributed by atoms with E-state index in [0.717, 1.165) is 43.2 Å². The number of allylic oxidation sites excluding steroid dienone is 2. The first-order valence-corrected chi connectivity index (χ1v) is 16.8. The average Bonchev–Trinajstić information content (AvgIpc) is 3.63. The van der Waals surface area contributed by atoms with Gasteiger partial charge >= 0.3 is 0 Å². The molecule has 1 unspecified atom stereocenters. The first kappa shape index (κ1) is 31.4. The van der Waals surface area contributed by atoms with Gasteiger partial charge < -0.3 is 28.9 Å². The molecular weight excluding hydrogens is 602 g/mol. The zero-order valence-electron chi connectivity index (χ0n) is 27.6. The van der Waals surface area contributed by atoms with Crippen molar-refractivity contribution in [3.8, 4) is 23.1 Å². The standard InChI is InChI=1S/C37H41NO9/c1-6-8-13-45-22-16-24(44-5)30-25-20(17-36(30)18(3)11-10-12-19(36)4)26-29(32(40)27(22)25)34(42)37(43)21(31(26)39)15-23-28(33(37)41)35(38-47-23)46-14-9-7-2/h11,16,19,21,40,43H,6-10,12-15,17H2,1-5H3/t19?,21-,36-,37-/m1/s1. The van der Waals surface area contributed by atoms with E-state index in [1.54, 1.807) is 13.2 Å². The Morgan fingerprint density at radius 3 is 2.38 bits per heavy atom. The number of ketones is 3. The molecule has 47 heavy (non-hydrogen) atoms. The molecule has 7 rings (SSSR count). The molecule has 4 atom stereocenters. The smallest absolute Gasteiger partial charge is 0.265 e.